The lowest BCUT2D eigenvalue weighted by Gasteiger charge is -2.33. The molecule has 1 aliphatic rings. The maximum atomic E-state index is 12.2. The molecule has 1 fully saturated rings. The molecule has 3 rings (SSSR count). The van der Waals surface area contributed by atoms with Crippen molar-refractivity contribution in [1.82, 2.24) is 9.88 Å². The number of alkyl halides is 3. The Morgan fingerprint density at radius 3 is 2.58 bits per heavy atom. The van der Waals surface area contributed by atoms with Gasteiger partial charge in [0.1, 0.15) is 23.1 Å². The molecular formula is C17H20F3N3O3. The summed E-state index contributed by atoms with van der Waals surface area (Å²) in [6.45, 7) is 5.24. The predicted molar refractivity (Wildman–Crippen MR) is 88.0 cm³/mol. The fourth-order valence-electron chi connectivity index (χ4n) is 2.81. The number of hydrogen-bond donors (Lipinski definition) is 1. The number of aryl methyl sites for hydroxylation is 1. The first kappa shape index (κ1) is 18.5. The van der Waals surface area contributed by atoms with Gasteiger partial charge in [0, 0.05) is 19.6 Å². The van der Waals surface area contributed by atoms with Crippen LogP contribution in [0.1, 0.15) is 17.6 Å². The molecule has 0 radical (unpaired) electrons. The Morgan fingerprint density at radius 1 is 1.23 bits per heavy atom. The second-order valence-corrected chi connectivity index (χ2v) is 5.92. The number of anilines is 1. The van der Waals surface area contributed by atoms with Gasteiger partial charge in [-0.15, -0.1) is 13.2 Å². The minimum absolute atomic E-state index is 0.0273. The van der Waals surface area contributed by atoms with Gasteiger partial charge in [-0.05, 0) is 31.2 Å². The van der Waals surface area contributed by atoms with Gasteiger partial charge in [0.15, 0.2) is 0 Å². The summed E-state index contributed by atoms with van der Waals surface area (Å²) >= 11 is 0. The van der Waals surface area contributed by atoms with Crippen LogP contribution in [0.5, 0.6) is 5.75 Å². The van der Waals surface area contributed by atoms with E-state index in [9.17, 15) is 13.2 Å². The van der Waals surface area contributed by atoms with Gasteiger partial charge in [-0.1, -0.05) is 0 Å². The van der Waals surface area contributed by atoms with Crippen LogP contribution in [-0.4, -0.2) is 49.1 Å². The Kier molecular flexibility index (Phi) is 5.67. The van der Waals surface area contributed by atoms with Crippen LogP contribution in [-0.2, 0) is 4.74 Å². The predicted octanol–water partition coefficient (Wildman–Crippen LogP) is 3.37. The Morgan fingerprint density at radius 2 is 2.00 bits per heavy atom. The molecule has 0 spiro atoms. The molecule has 0 bridgehead atoms. The maximum Gasteiger partial charge on any atom is 0.573 e. The van der Waals surface area contributed by atoms with Gasteiger partial charge in [0.2, 0.25) is 0 Å². The van der Waals surface area contributed by atoms with Gasteiger partial charge in [-0.2, -0.15) is 0 Å². The number of pyridine rings is 1. The highest BCUT2D eigenvalue weighted by molar-refractivity contribution is 5.38. The first-order valence-corrected chi connectivity index (χ1v) is 8.24. The van der Waals surface area contributed by atoms with Gasteiger partial charge in [-0.3, -0.25) is 4.90 Å². The van der Waals surface area contributed by atoms with Crippen molar-refractivity contribution in [1.29, 1.82) is 0 Å². The van der Waals surface area contributed by atoms with Gasteiger partial charge < -0.3 is 19.2 Å². The van der Waals surface area contributed by atoms with Crippen molar-refractivity contribution in [2.75, 3.05) is 38.2 Å². The second-order valence-electron chi connectivity index (χ2n) is 5.92. The van der Waals surface area contributed by atoms with E-state index in [4.69, 9.17) is 9.15 Å². The third-order valence-electron chi connectivity index (χ3n) is 4.02. The minimum atomic E-state index is -4.73. The zero-order valence-electron chi connectivity index (χ0n) is 14.3. The molecule has 0 aromatic carbocycles. The molecule has 1 atom stereocenters. The fraction of sp³-hybridized carbons (Fsp3) is 0.471. The molecule has 9 heteroatoms. The molecule has 3 heterocycles. The highest BCUT2D eigenvalue weighted by atomic mass is 19.4. The molecule has 1 N–H and O–H groups in total. The van der Waals surface area contributed by atoms with Crippen LogP contribution in [0.2, 0.25) is 0 Å². The summed E-state index contributed by atoms with van der Waals surface area (Å²) in [6, 6.07) is 6.49. The molecule has 1 unspecified atom stereocenters. The van der Waals surface area contributed by atoms with Crippen molar-refractivity contribution in [3.63, 3.8) is 0 Å². The van der Waals surface area contributed by atoms with Crippen LogP contribution in [0.3, 0.4) is 0 Å². The number of nitrogens with zero attached hydrogens (tertiary/aromatic N) is 2. The zero-order valence-corrected chi connectivity index (χ0v) is 14.3. The van der Waals surface area contributed by atoms with Crippen molar-refractivity contribution in [2.24, 2.45) is 0 Å². The Bertz CT molecular complexity index is 697. The van der Waals surface area contributed by atoms with Gasteiger partial charge in [0.25, 0.3) is 0 Å². The molecule has 0 aliphatic carbocycles. The zero-order chi connectivity index (χ0) is 18.6. The average Bonchev–Trinajstić information content (AvgIpc) is 3.02. The Balaban J connectivity index is 1.65. The minimum Gasteiger partial charge on any atom is -0.465 e. The summed E-state index contributed by atoms with van der Waals surface area (Å²) in [5.41, 5.74) is 0. The molecule has 1 saturated heterocycles. The summed E-state index contributed by atoms with van der Waals surface area (Å²) in [5.74, 6) is 1.76. The highest BCUT2D eigenvalue weighted by Crippen LogP contribution is 2.25. The van der Waals surface area contributed by atoms with E-state index in [1.165, 1.54) is 12.1 Å². The first-order valence-electron chi connectivity index (χ1n) is 8.24. The van der Waals surface area contributed by atoms with Crippen molar-refractivity contribution >= 4 is 5.82 Å². The van der Waals surface area contributed by atoms with Crippen LogP contribution < -0.4 is 10.1 Å². The van der Waals surface area contributed by atoms with Crippen LogP contribution >= 0.6 is 0 Å². The summed E-state index contributed by atoms with van der Waals surface area (Å²) in [6.07, 6.45) is -3.69. The normalized spacial score (nSPS) is 17.1. The number of aromatic nitrogens is 1. The lowest BCUT2D eigenvalue weighted by atomic mass is 10.1. The van der Waals surface area contributed by atoms with E-state index in [1.807, 2.05) is 19.1 Å². The van der Waals surface area contributed by atoms with E-state index in [0.717, 1.165) is 30.8 Å². The van der Waals surface area contributed by atoms with Crippen LogP contribution in [0.4, 0.5) is 19.0 Å². The SMILES string of the molecule is Cc1ccc(C(CNc2ccc(OC(F)(F)F)cn2)N2CCOCC2)o1. The third-order valence-corrected chi connectivity index (χ3v) is 4.02. The van der Waals surface area contributed by atoms with Crippen molar-refractivity contribution in [3.05, 3.63) is 42.0 Å². The molecule has 2 aromatic heterocycles. The fourth-order valence-corrected chi connectivity index (χ4v) is 2.81. The second kappa shape index (κ2) is 7.96. The summed E-state index contributed by atoms with van der Waals surface area (Å²) in [5, 5.41) is 3.15. The molecule has 26 heavy (non-hydrogen) atoms. The number of morpholine rings is 1. The van der Waals surface area contributed by atoms with Gasteiger partial charge in [-0.25, -0.2) is 4.98 Å². The Labute approximate surface area is 148 Å². The van der Waals surface area contributed by atoms with Crippen LogP contribution in [0, 0.1) is 6.92 Å². The topological polar surface area (TPSA) is 59.8 Å². The lowest BCUT2D eigenvalue weighted by molar-refractivity contribution is -0.274. The largest absolute Gasteiger partial charge is 0.573 e. The van der Waals surface area contributed by atoms with Crippen molar-refractivity contribution in [3.8, 4) is 5.75 Å². The maximum absolute atomic E-state index is 12.2. The van der Waals surface area contributed by atoms with E-state index >= 15 is 0 Å². The monoisotopic (exact) mass is 371 g/mol. The molecule has 1 aliphatic heterocycles. The molecule has 0 amide bonds. The molecular weight excluding hydrogens is 351 g/mol. The van der Waals surface area contributed by atoms with Crippen molar-refractivity contribution < 1.29 is 27.1 Å². The van der Waals surface area contributed by atoms with E-state index < -0.39 is 6.36 Å². The van der Waals surface area contributed by atoms with E-state index in [2.05, 4.69) is 19.9 Å². The number of halogens is 3. The standard InChI is InChI=1S/C17H20F3N3O3/c1-12-2-4-15(25-12)14(23-6-8-24-9-7-23)11-22-16-5-3-13(10-21-16)26-17(18,19)20/h2-5,10,14H,6-9,11H2,1H3,(H,21,22). The molecule has 142 valence electrons. The molecule has 2 aromatic rings. The number of ether oxygens (including phenoxy) is 2. The van der Waals surface area contributed by atoms with Gasteiger partial charge >= 0.3 is 6.36 Å². The number of hydrogen-bond acceptors (Lipinski definition) is 6. The summed E-state index contributed by atoms with van der Waals surface area (Å²) < 4.78 is 51.6. The van der Waals surface area contributed by atoms with Crippen LogP contribution in [0.25, 0.3) is 0 Å². The highest BCUT2D eigenvalue weighted by Gasteiger charge is 2.31. The molecule has 0 saturated carbocycles. The lowest BCUT2D eigenvalue weighted by Crippen LogP contribution is -2.41. The number of rotatable bonds is 6. The summed E-state index contributed by atoms with van der Waals surface area (Å²) in [4.78, 5) is 6.21. The quantitative estimate of drug-likeness (QED) is 0.840. The van der Waals surface area contributed by atoms with Gasteiger partial charge in [0.05, 0.1) is 25.5 Å². The smallest absolute Gasteiger partial charge is 0.465 e. The van der Waals surface area contributed by atoms with E-state index in [0.29, 0.717) is 25.6 Å². The van der Waals surface area contributed by atoms with Crippen LogP contribution in [0.15, 0.2) is 34.9 Å². The third kappa shape index (κ3) is 5.12. The molecule has 6 nitrogen and oxygen atoms in total. The summed E-state index contributed by atoms with van der Waals surface area (Å²) in [7, 11) is 0. The average molecular weight is 371 g/mol. The van der Waals surface area contributed by atoms with E-state index in [-0.39, 0.29) is 11.8 Å². The van der Waals surface area contributed by atoms with E-state index in [1.54, 1.807) is 0 Å². The number of furan rings is 1. The number of nitrogens with one attached hydrogen (secondary N) is 1. The first-order chi connectivity index (χ1) is 12.4. The van der Waals surface area contributed by atoms with Crippen molar-refractivity contribution in [2.45, 2.75) is 19.3 Å². The Hall–Kier alpha value is -2.26.